The van der Waals surface area contributed by atoms with E-state index in [4.69, 9.17) is 4.74 Å². The molecule has 1 heterocycles. The summed E-state index contributed by atoms with van der Waals surface area (Å²) in [6, 6.07) is 3.84. The highest BCUT2D eigenvalue weighted by Gasteiger charge is 2.15. The van der Waals surface area contributed by atoms with Gasteiger partial charge in [-0.05, 0) is 45.4 Å². The van der Waals surface area contributed by atoms with Gasteiger partial charge in [0.25, 0.3) is 0 Å². The summed E-state index contributed by atoms with van der Waals surface area (Å²) in [4.78, 5) is 15.5. The highest BCUT2D eigenvalue weighted by Crippen LogP contribution is 2.07. The van der Waals surface area contributed by atoms with Crippen molar-refractivity contribution in [1.29, 1.82) is 0 Å². The normalized spacial score (nSPS) is 11.0. The van der Waals surface area contributed by atoms with Crippen LogP contribution in [0.4, 0.5) is 4.79 Å². The zero-order chi connectivity index (χ0) is 12.2. The number of ether oxygens (including phenoxy) is 1. The lowest BCUT2D eigenvalue weighted by Gasteiger charge is -2.19. The molecular weight excluding hydrogens is 204 g/mol. The number of hydrogen-bond acceptors (Lipinski definition) is 3. The summed E-state index contributed by atoms with van der Waals surface area (Å²) >= 11 is 0. The van der Waals surface area contributed by atoms with Gasteiger partial charge >= 0.3 is 6.09 Å². The lowest BCUT2D eigenvalue weighted by atomic mass is 10.2. The topological polar surface area (TPSA) is 51.2 Å². The summed E-state index contributed by atoms with van der Waals surface area (Å²) in [7, 11) is 0. The van der Waals surface area contributed by atoms with Gasteiger partial charge in [-0.3, -0.25) is 4.98 Å². The molecular formula is C12H18N2O2. The van der Waals surface area contributed by atoms with Crippen molar-refractivity contribution < 1.29 is 9.53 Å². The Morgan fingerprint density at radius 1 is 1.50 bits per heavy atom. The zero-order valence-electron chi connectivity index (χ0n) is 10.2. The molecule has 0 aliphatic carbocycles. The van der Waals surface area contributed by atoms with E-state index in [1.165, 1.54) is 0 Å². The van der Waals surface area contributed by atoms with Gasteiger partial charge in [0.2, 0.25) is 0 Å². The molecule has 0 radical (unpaired) electrons. The summed E-state index contributed by atoms with van der Waals surface area (Å²) in [6.07, 6.45) is 1.30. The van der Waals surface area contributed by atoms with Crippen LogP contribution in [0.5, 0.6) is 0 Å². The summed E-state index contributed by atoms with van der Waals surface area (Å²) < 4.78 is 5.11. The Balaban J connectivity index is 2.43. The molecule has 0 unspecified atom stereocenters. The molecule has 0 spiro atoms. The smallest absolute Gasteiger partial charge is 0.407 e. The Hall–Kier alpha value is -1.58. The number of amides is 1. The predicted octanol–water partition coefficient (Wildman–Crippen LogP) is 2.41. The van der Waals surface area contributed by atoms with E-state index in [9.17, 15) is 4.79 Å². The summed E-state index contributed by atoms with van der Waals surface area (Å²) in [6.45, 7) is 7.86. The summed E-state index contributed by atoms with van der Waals surface area (Å²) in [5.41, 5.74) is 1.48. The van der Waals surface area contributed by atoms with E-state index in [1.807, 2.05) is 39.8 Å². The highest BCUT2D eigenvalue weighted by atomic mass is 16.6. The van der Waals surface area contributed by atoms with Gasteiger partial charge in [-0.25, -0.2) is 4.79 Å². The van der Waals surface area contributed by atoms with Crippen molar-refractivity contribution in [3.05, 3.63) is 29.6 Å². The average molecular weight is 222 g/mol. The monoisotopic (exact) mass is 222 g/mol. The van der Waals surface area contributed by atoms with Crippen LogP contribution < -0.4 is 5.32 Å². The first-order chi connectivity index (χ1) is 7.37. The van der Waals surface area contributed by atoms with E-state index in [-0.39, 0.29) is 0 Å². The molecule has 1 rings (SSSR count). The molecule has 0 aliphatic heterocycles. The maximum Gasteiger partial charge on any atom is 0.407 e. The quantitative estimate of drug-likeness (QED) is 0.836. The second kappa shape index (κ2) is 4.96. The van der Waals surface area contributed by atoms with Crippen molar-refractivity contribution in [3.8, 4) is 0 Å². The molecule has 4 heteroatoms. The van der Waals surface area contributed by atoms with Crippen molar-refractivity contribution in [2.24, 2.45) is 0 Å². The van der Waals surface area contributed by atoms with Crippen LogP contribution in [0.3, 0.4) is 0 Å². The minimum atomic E-state index is -0.468. The molecule has 1 aromatic rings. The molecule has 0 atom stereocenters. The van der Waals surface area contributed by atoms with Gasteiger partial charge < -0.3 is 10.1 Å². The minimum absolute atomic E-state index is 0.386. The maximum absolute atomic E-state index is 11.4. The zero-order valence-corrected chi connectivity index (χ0v) is 10.2. The molecule has 1 amide bonds. The molecule has 1 aromatic heterocycles. The average Bonchev–Trinajstić information content (AvgIpc) is 2.12. The second-order valence-electron chi connectivity index (χ2n) is 4.68. The third-order valence-corrected chi connectivity index (χ3v) is 1.78. The number of pyridine rings is 1. The van der Waals surface area contributed by atoms with E-state index in [0.29, 0.717) is 6.54 Å². The molecule has 0 bridgehead atoms. The molecule has 0 saturated heterocycles. The molecule has 0 fully saturated rings. The number of nitrogens with one attached hydrogen (secondary N) is 1. The van der Waals surface area contributed by atoms with Crippen LogP contribution in [0.25, 0.3) is 0 Å². The largest absolute Gasteiger partial charge is 0.444 e. The Morgan fingerprint density at radius 3 is 2.75 bits per heavy atom. The highest BCUT2D eigenvalue weighted by molar-refractivity contribution is 5.67. The number of aromatic nitrogens is 1. The first kappa shape index (κ1) is 12.5. The van der Waals surface area contributed by atoms with E-state index in [2.05, 4.69) is 10.3 Å². The van der Waals surface area contributed by atoms with E-state index in [1.54, 1.807) is 6.20 Å². The Labute approximate surface area is 96.0 Å². The Bertz CT molecular complexity index is 370. The first-order valence-corrected chi connectivity index (χ1v) is 5.25. The molecule has 0 aromatic carbocycles. The number of carbonyl (C=O) groups excluding carboxylic acids is 1. The molecule has 0 saturated carbocycles. The van der Waals surface area contributed by atoms with Crippen LogP contribution >= 0.6 is 0 Å². The van der Waals surface area contributed by atoms with Gasteiger partial charge in [0, 0.05) is 6.20 Å². The number of nitrogens with zero attached hydrogens (tertiary/aromatic N) is 1. The van der Waals surface area contributed by atoms with Crippen LogP contribution in [0.15, 0.2) is 18.3 Å². The second-order valence-corrected chi connectivity index (χ2v) is 4.68. The van der Waals surface area contributed by atoms with Crippen LogP contribution in [0.2, 0.25) is 0 Å². The lowest BCUT2D eigenvalue weighted by molar-refractivity contribution is 0.0523. The van der Waals surface area contributed by atoms with Gasteiger partial charge in [-0.15, -0.1) is 0 Å². The fraction of sp³-hybridized carbons (Fsp3) is 0.500. The third-order valence-electron chi connectivity index (χ3n) is 1.78. The van der Waals surface area contributed by atoms with Gasteiger partial charge in [0.15, 0.2) is 0 Å². The number of aryl methyl sites for hydroxylation is 1. The molecule has 4 nitrogen and oxygen atoms in total. The lowest BCUT2D eigenvalue weighted by Crippen LogP contribution is -2.32. The first-order valence-electron chi connectivity index (χ1n) is 5.25. The van der Waals surface area contributed by atoms with Crippen LogP contribution in [0, 0.1) is 6.92 Å². The Kier molecular flexibility index (Phi) is 3.88. The van der Waals surface area contributed by atoms with Crippen molar-refractivity contribution >= 4 is 6.09 Å². The number of alkyl carbamates (subject to hydrolysis) is 1. The van der Waals surface area contributed by atoms with Crippen molar-refractivity contribution in [2.75, 3.05) is 0 Å². The van der Waals surface area contributed by atoms with Crippen molar-refractivity contribution in [1.82, 2.24) is 10.3 Å². The summed E-state index contributed by atoms with van der Waals surface area (Å²) in [5, 5.41) is 2.66. The maximum atomic E-state index is 11.4. The predicted molar refractivity (Wildman–Crippen MR) is 62.0 cm³/mol. The number of carbonyl (C=O) groups is 1. The third kappa shape index (κ3) is 4.77. The fourth-order valence-electron chi connectivity index (χ4n) is 1.17. The van der Waals surface area contributed by atoms with E-state index < -0.39 is 11.7 Å². The van der Waals surface area contributed by atoms with E-state index >= 15 is 0 Å². The SMILES string of the molecule is Cc1ccnc(CNC(=O)OC(C)(C)C)c1. The van der Waals surface area contributed by atoms with Crippen LogP contribution in [-0.4, -0.2) is 16.7 Å². The van der Waals surface area contributed by atoms with Crippen LogP contribution in [-0.2, 0) is 11.3 Å². The Morgan fingerprint density at radius 2 is 2.19 bits per heavy atom. The summed E-state index contributed by atoms with van der Waals surface area (Å²) in [5.74, 6) is 0. The van der Waals surface area contributed by atoms with Crippen molar-refractivity contribution in [3.63, 3.8) is 0 Å². The van der Waals surface area contributed by atoms with Crippen LogP contribution in [0.1, 0.15) is 32.0 Å². The van der Waals surface area contributed by atoms with E-state index in [0.717, 1.165) is 11.3 Å². The number of hydrogen-bond donors (Lipinski definition) is 1. The number of rotatable bonds is 2. The van der Waals surface area contributed by atoms with Gasteiger partial charge in [0.1, 0.15) is 5.60 Å². The molecule has 88 valence electrons. The van der Waals surface area contributed by atoms with Gasteiger partial charge in [0.05, 0.1) is 12.2 Å². The molecule has 16 heavy (non-hydrogen) atoms. The minimum Gasteiger partial charge on any atom is -0.444 e. The standard InChI is InChI=1S/C12H18N2O2/c1-9-5-6-13-10(7-9)8-14-11(15)16-12(2,3)4/h5-7H,8H2,1-4H3,(H,14,15). The van der Waals surface area contributed by atoms with Gasteiger partial charge in [-0.1, -0.05) is 0 Å². The molecule has 1 N–H and O–H groups in total. The van der Waals surface area contributed by atoms with Crippen molar-refractivity contribution in [2.45, 2.75) is 39.8 Å². The fourth-order valence-corrected chi connectivity index (χ4v) is 1.17. The molecule has 0 aliphatic rings. The van der Waals surface area contributed by atoms with Gasteiger partial charge in [-0.2, -0.15) is 0 Å².